The molecule has 0 bridgehead atoms. The van der Waals surface area contributed by atoms with Crippen LogP contribution in [0.4, 0.5) is 0 Å². The molecule has 0 radical (unpaired) electrons. The van der Waals surface area contributed by atoms with Gasteiger partial charge in [0.1, 0.15) is 0 Å². The fraction of sp³-hybridized carbons (Fsp3) is 0.200. The van der Waals surface area contributed by atoms with Crippen LogP contribution in [0.15, 0.2) is 5.38 Å². The van der Waals surface area contributed by atoms with Gasteiger partial charge in [-0.2, -0.15) is 14.7 Å². The molecule has 1 rings (SSSR count). The van der Waals surface area contributed by atoms with Crippen LogP contribution in [-0.4, -0.2) is 30.3 Å². The summed E-state index contributed by atoms with van der Waals surface area (Å²) in [5, 5.41) is 10.5. The summed E-state index contributed by atoms with van der Waals surface area (Å²) in [6.45, 7) is 0. The third-order valence-corrected chi connectivity index (χ3v) is 3.89. The van der Waals surface area contributed by atoms with E-state index in [0.29, 0.717) is 4.57 Å². The SMILES string of the molecule is NC(=O)C(n1c(O)csc1=S)[P+](O)(O)O. The van der Waals surface area contributed by atoms with Gasteiger partial charge >= 0.3 is 13.7 Å². The highest BCUT2D eigenvalue weighted by Crippen LogP contribution is 2.57. The number of hydrogen-bond acceptors (Lipinski definition) is 7. The number of carbonyl (C=O) groups excluding carboxylic acids is 1. The van der Waals surface area contributed by atoms with Crippen LogP contribution in [0.5, 0.6) is 5.88 Å². The predicted octanol–water partition coefficient (Wildman–Crippen LogP) is -0.292. The van der Waals surface area contributed by atoms with Crippen LogP contribution in [0, 0.1) is 3.95 Å². The van der Waals surface area contributed by atoms with Crippen molar-refractivity contribution in [2.45, 2.75) is 5.78 Å². The number of primary amides is 1. The van der Waals surface area contributed by atoms with Gasteiger partial charge in [-0.15, -0.1) is 11.3 Å². The first-order valence-corrected chi connectivity index (χ1v) is 6.51. The van der Waals surface area contributed by atoms with Crippen molar-refractivity contribution in [2.24, 2.45) is 5.73 Å². The molecule has 0 spiro atoms. The molecule has 0 aliphatic heterocycles. The molecule has 1 unspecified atom stereocenters. The number of hydrogen-bond donors (Lipinski definition) is 5. The molecule has 0 saturated carbocycles. The second-order valence-corrected chi connectivity index (χ2v) is 5.84. The maximum absolute atomic E-state index is 10.9. The van der Waals surface area contributed by atoms with Gasteiger partial charge in [-0.25, -0.2) is 4.57 Å². The normalized spacial score (nSPS) is 13.8. The Morgan fingerprint density at radius 1 is 1.60 bits per heavy atom. The van der Waals surface area contributed by atoms with E-state index in [2.05, 4.69) is 0 Å². The van der Waals surface area contributed by atoms with Crippen molar-refractivity contribution in [3.05, 3.63) is 9.33 Å². The highest BCUT2D eigenvalue weighted by molar-refractivity contribution is 7.73. The zero-order chi connectivity index (χ0) is 11.8. The van der Waals surface area contributed by atoms with Crippen LogP contribution in [0.2, 0.25) is 0 Å². The lowest BCUT2D eigenvalue weighted by molar-refractivity contribution is -0.119. The van der Waals surface area contributed by atoms with E-state index in [4.69, 9.17) is 32.6 Å². The Kier molecular flexibility index (Phi) is 3.44. The number of nitrogens with zero attached hydrogens (tertiary/aromatic N) is 1. The topological polar surface area (TPSA) is 129 Å². The Morgan fingerprint density at radius 3 is 2.40 bits per heavy atom. The van der Waals surface area contributed by atoms with Gasteiger partial charge in [0, 0.05) is 0 Å². The lowest BCUT2D eigenvalue weighted by atomic mass is 10.6. The van der Waals surface area contributed by atoms with Crippen molar-refractivity contribution in [2.75, 3.05) is 0 Å². The number of carbonyl (C=O) groups is 1. The summed E-state index contributed by atoms with van der Waals surface area (Å²) >= 11 is 5.63. The summed E-state index contributed by atoms with van der Waals surface area (Å²) in [7, 11) is -4.56. The van der Waals surface area contributed by atoms with Crippen molar-refractivity contribution < 1.29 is 24.6 Å². The minimum absolute atomic E-state index is 0.00201. The van der Waals surface area contributed by atoms with Gasteiger partial charge in [0.05, 0.1) is 5.38 Å². The third kappa shape index (κ3) is 2.51. The Hall–Kier alpha value is -0.570. The lowest BCUT2D eigenvalue weighted by Crippen LogP contribution is -2.28. The molecule has 6 N–H and O–H groups in total. The Balaban J connectivity index is 3.35. The first kappa shape index (κ1) is 12.5. The van der Waals surface area contributed by atoms with Crippen molar-refractivity contribution in [1.82, 2.24) is 4.57 Å². The van der Waals surface area contributed by atoms with Gasteiger partial charge in [-0.05, 0) is 12.2 Å². The molecule has 7 nitrogen and oxygen atoms in total. The Morgan fingerprint density at radius 2 is 2.13 bits per heavy atom. The van der Waals surface area contributed by atoms with Crippen molar-refractivity contribution in [3.63, 3.8) is 0 Å². The second kappa shape index (κ2) is 4.12. The fourth-order valence-corrected chi connectivity index (χ4v) is 3.01. The van der Waals surface area contributed by atoms with E-state index in [1.54, 1.807) is 0 Å². The predicted molar refractivity (Wildman–Crippen MR) is 56.6 cm³/mol. The van der Waals surface area contributed by atoms with Gasteiger partial charge in [0.15, 0.2) is 3.95 Å². The summed E-state index contributed by atoms with van der Waals surface area (Å²) in [6, 6.07) is 0. The van der Waals surface area contributed by atoms with Gasteiger partial charge in [0.25, 0.3) is 5.91 Å². The molecule has 10 heteroatoms. The lowest BCUT2D eigenvalue weighted by Gasteiger charge is -2.15. The highest BCUT2D eigenvalue weighted by Gasteiger charge is 2.50. The minimum Gasteiger partial charge on any atom is -0.494 e. The molecule has 0 saturated heterocycles. The van der Waals surface area contributed by atoms with E-state index >= 15 is 0 Å². The van der Waals surface area contributed by atoms with Crippen LogP contribution in [0.3, 0.4) is 0 Å². The number of rotatable bonds is 3. The third-order valence-electron chi connectivity index (χ3n) is 1.54. The van der Waals surface area contributed by atoms with E-state index in [-0.39, 0.29) is 3.95 Å². The maximum atomic E-state index is 10.9. The number of amides is 1. The molecule has 0 aromatic carbocycles. The summed E-state index contributed by atoms with van der Waals surface area (Å²) in [5.74, 6) is -3.51. The average molecular weight is 271 g/mol. The van der Waals surface area contributed by atoms with E-state index in [1.807, 2.05) is 0 Å². The smallest absolute Gasteiger partial charge is 0.438 e. The second-order valence-electron chi connectivity index (χ2n) is 2.62. The van der Waals surface area contributed by atoms with E-state index in [0.717, 1.165) is 11.3 Å². The molecule has 84 valence electrons. The van der Waals surface area contributed by atoms with E-state index in [9.17, 15) is 9.90 Å². The molecule has 1 amide bonds. The van der Waals surface area contributed by atoms with Crippen LogP contribution in [0.1, 0.15) is 5.78 Å². The standard InChI is InChI=1S/C5H7N2O5PS2/c6-3(9)4(13(10,11)12)7-2(8)1-15-5(7)14/h1,4,10-12H,(H2-,6,8,9)/p+1. The van der Waals surface area contributed by atoms with Crippen molar-refractivity contribution in [3.8, 4) is 5.88 Å². The van der Waals surface area contributed by atoms with Gasteiger partial charge < -0.3 is 10.8 Å². The first-order chi connectivity index (χ1) is 6.75. The highest BCUT2D eigenvalue weighted by atomic mass is 32.1. The van der Waals surface area contributed by atoms with Gasteiger partial charge in [-0.1, -0.05) is 0 Å². The molecule has 1 heterocycles. The molecular formula is C5H8N2O5PS2+. The number of aromatic nitrogens is 1. The van der Waals surface area contributed by atoms with Crippen LogP contribution in [0.25, 0.3) is 0 Å². The summed E-state index contributed by atoms with van der Waals surface area (Å²) in [5.41, 5.74) is 4.89. The maximum Gasteiger partial charge on any atom is 0.438 e. The Labute approximate surface area is 93.6 Å². The molecule has 0 aliphatic carbocycles. The largest absolute Gasteiger partial charge is 0.494 e. The molecule has 1 aromatic heterocycles. The summed E-state index contributed by atoms with van der Waals surface area (Å²) in [4.78, 5) is 38.0. The van der Waals surface area contributed by atoms with Gasteiger partial charge in [-0.3, -0.25) is 4.79 Å². The molecule has 1 aromatic rings. The number of nitrogens with two attached hydrogens (primary N) is 1. The van der Waals surface area contributed by atoms with E-state index in [1.165, 1.54) is 5.38 Å². The van der Waals surface area contributed by atoms with Gasteiger partial charge in [0.2, 0.25) is 5.88 Å². The summed E-state index contributed by atoms with van der Waals surface area (Å²) in [6.07, 6.45) is 0. The minimum atomic E-state index is -4.56. The van der Waals surface area contributed by atoms with E-state index < -0.39 is 25.5 Å². The monoisotopic (exact) mass is 271 g/mol. The van der Waals surface area contributed by atoms with Crippen LogP contribution in [-0.2, 0) is 4.79 Å². The Bertz CT molecular complexity index is 435. The average Bonchev–Trinajstić information content (AvgIpc) is 2.32. The molecular weight excluding hydrogens is 263 g/mol. The van der Waals surface area contributed by atoms with Crippen molar-refractivity contribution >= 4 is 37.4 Å². The van der Waals surface area contributed by atoms with Crippen LogP contribution < -0.4 is 5.73 Å². The first-order valence-electron chi connectivity index (χ1n) is 3.50. The van der Waals surface area contributed by atoms with Crippen LogP contribution >= 0.6 is 31.5 Å². The van der Waals surface area contributed by atoms with Crippen molar-refractivity contribution in [1.29, 1.82) is 0 Å². The number of aromatic hydroxyl groups is 1. The molecule has 0 aliphatic rings. The zero-order valence-corrected chi connectivity index (χ0v) is 9.67. The molecule has 0 fully saturated rings. The summed E-state index contributed by atoms with van der Waals surface area (Å²) < 4.78 is 0.702. The quantitative estimate of drug-likeness (QED) is 0.379. The number of thiazole rings is 1. The molecule has 1 atom stereocenters. The molecule has 15 heavy (non-hydrogen) atoms. The fourth-order valence-electron chi connectivity index (χ4n) is 0.988. The zero-order valence-electron chi connectivity index (χ0n) is 7.14.